The van der Waals surface area contributed by atoms with Crippen molar-refractivity contribution in [3.05, 3.63) is 5.56 Å². The molecule has 6 nitrogen and oxygen atoms in total. The molecular weight excluding hydrogens is 242 g/mol. The van der Waals surface area contributed by atoms with E-state index in [1.54, 1.807) is 0 Å². The Morgan fingerprint density at radius 1 is 1.42 bits per heavy atom. The Bertz CT molecular complexity index is 508. The molecule has 1 unspecified atom stereocenters. The lowest BCUT2D eigenvalue weighted by atomic mass is 10.2. The molecule has 6 heteroatoms. The lowest BCUT2D eigenvalue weighted by molar-refractivity contribution is 0.122. The van der Waals surface area contributed by atoms with E-state index in [9.17, 15) is 5.26 Å². The summed E-state index contributed by atoms with van der Waals surface area (Å²) < 4.78 is 7.17. The van der Waals surface area contributed by atoms with Gasteiger partial charge in [0, 0.05) is 13.1 Å². The first kappa shape index (κ1) is 12.3. The van der Waals surface area contributed by atoms with Crippen LogP contribution in [0.4, 0.5) is 11.6 Å². The van der Waals surface area contributed by atoms with Crippen molar-refractivity contribution >= 4 is 11.6 Å². The molecule has 2 N–H and O–H groups in total. The lowest BCUT2D eigenvalue weighted by Gasteiger charge is -2.26. The Morgan fingerprint density at radius 2 is 2.11 bits per heavy atom. The number of hydrogen-bond donors (Lipinski definition) is 1. The Kier molecular flexibility index (Phi) is 3.07. The molecule has 0 amide bonds. The highest BCUT2D eigenvalue weighted by Gasteiger charge is 2.33. The summed E-state index contributed by atoms with van der Waals surface area (Å²) in [6.45, 7) is 5.02. The Labute approximate surface area is 112 Å². The van der Waals surface area contributed by atoms with Crippen molar-refractivity contribution in [2.75, 3.05) is 36.9 Å². The number of nitriles is 1. The highest BCUT2D eigenvalue weighted by atomic mass is 16.5. The molecule has 0 radical (unpaired) electrons. The molecule has 1 aromatic rings. The molecule has 0 spiro atoms. The SMILES string of the molecule is CC(C1CC1)n1nc(N2CCOCC2)c(C#N)c1N. The number of nitrogen functional groups attached to an aromatic ring is 1. The van der Waals surface area contributed by atoms with Gasteiger partial charge >= 0.3 is 0 Å². The predicted molar refractivity (Wildman–Crippen MR) is 71.8 cm³/mol. The first-order valence-electron chi connectivity index (χ1n) is 6.83. The van der Waals surface area contributed by atoms with Crippen LogP contribution in [-0.2, 0) is 4.74 Å². The van der Waals surface area contributed by atoms with Crippen LogP contribution >= 0.6 is 0 Å². The van der Waals surface area contributed by atoms with Crippen molar-refractivity contribution in [3.63, 3.8) is 0 Å². The molecule has 19 heavy (non-hydrogen) atoms. The van der Waals surface area contributed by atoms with Gasteiger partial charge in [0.25, 0.3) is 0 Å². The van der Waals surface area contributed by atoms with E-state index in [1.807, 2.05) is 4.68 Å². The molecule has 1 atom stereocenters. The van der Waals surface area contributed by atoms with Crippen molar-refractivity contribution in [2.45, 2.75) is 25.8 Å². The first-order chi connectivity index (χ1) is 9.22. The third kappa shape index (κ3) is 2.15. The predicted octanol–water partition coefficient (Wildman–Crippen LogP) is 1.14. The smallest absolute Gasteiger partial charge is 0.171 e. The number of ether oxygens (including phenoxy) is 1. The average molecular weight is 261 g/mol. The molecule has 102 valence electrons. The molecule has 2 aliphatic rings. The maximum Gasteiger partial charge on any atom is 0.171 e. The zero-order chi connectivity index (χ0) is 13.4. The second-order valence-electron chi connectivity index (χ2n) is 5.32. The number of anilines is 2. The molecule has 1 saturated heterocycles. The van der Waals surface area contributed by atoms with Gasteiger partial charge in [-0.25, -0.2) is 4.68 Å². The summed E-state index contributed by atoms with van der Waals surface area (Å²) in [5.74, 6) is 1.88. The minimum absolute atomic E-state index is 0.280. The number of hydrogen-bond acceptors (Lipinski definition) is 5. The van der Waals surface area contributed by atoms with E-state index in [1.165, 1.54) is 12.8 Å². The summed E-state index contributed by atoms with van der Waals surface area (Å²) in [6.07, 6.45) is 2.46. The number of nitrogens with zero attached hydrogens (tertiary/aromatic N) is 4. The molecule has 2 heterocycles. The number of nitrogens with two attached hydrogens (primary N) is 1. The van der Waals surface area contributed by atoms with Gasteiger partial charge in [-0.05, 0) is 25.7 Å². The fourth-order valence-corrected chi connectivity index (χ4v) is 2.63. The summed E-state index contributed by atoms with van der Waals surface area (Å²) >= 11 is 0. The number of aromatic nitrogens is 2. The average Bonchev–Trinajstić information content (AvgIpc) is 3.23. The number of rotatable bonds is 3. The topological polar surface area (TPSA) is 80.1 Å². The van der Waals surface area contributed by atoms with E-state index in [4.69, 9.17) is 10.5 Å². The standard InChI is InChI=1S/C13H19N5O/c1-9(10-2-3-10)18-12(15)11(8-14)13(16-18)17-4-6-19-7-5-17/h9-10H,2-7,15H2,1H3. The monoisotopic (exact) mass is 261 g/mol. The van der Waals surface area contributed by atoms with Crippen LogP contribution in [0.3, 0.4) is 0 Å². The van der Waals surface area contributed by atoms with Gasteiger partial charge in [0.05, 0.1) is 19.3 Å². The fourth-order valence-electron chi connectivity index (χ4n) is 2.63. The second kappa shape index (κ2) is 4.74. The molecule has 1 saturated carbocycles. The van der Waals surface area contributed by atoms with Gasteiger partial charge < -0.3 is 15.4 Å². The second-order valence-corrected chi connectivity index (χ2v) is 5.32. The molecule has 1 aliphatic heterocycles. The van der Waals surface area contributed by atoms with Gasteiger partial charge in [0.1, 0.15) is 17.5 Å². The van der Waals surface area contributed by atoms with Crippen LogP contribution in [0.25, 0.3) is 0 Å². The van der Waals surface area contributed by atoms with Gasteiger partial charge in [0.15, 0.2) is 5.82 Å². The third-order valence-electron chi connectivity index (χ3n) is 4.04. The molecule has 2 fully saturated rings. The molecule has 0 bridgehead atoms. The highest BCUT2D eigenvalue weighted by Crippen LogP contribution is 2.41. The van der Waals surface area contributed by atoms with Crippen LogP contribution < -0.4 is 10.6 Å². The van der Waals surface area contributed by atoms with E-state index in [0.717, 1.165) is 18.9 Å². The quantitative estimate of drug-likeness (QED) is 0.882. The largest absolute Gasteiger partial charge is 0.383 e. The van der Waals surface area contributed by atoms with E-state index in [-0.39, 0.29) is 6.04 Å². The highest BCUT2D eigenvalue weighted by molar-refractivity contribution is 5.65. The Morgan fingerprint density at radius 3 is 2.68 bits per heavy atom. The molecule has 1 aromatic heterocycles. The van der Waals surface area contributed by atoms with Gasteiger partial charge in [-0.2, -0.15) is 10.4 Å². The summed E-state index contributed by atoms with van der Waals surface area (Å²) in [7, 11) is 0. The molecular formula is C13H19N5O. The zero-order valence-electron chi connectivity index (χ0n) is 11.2. The van der Waals surface area contributed by atoms with Gasteiger partial charge in [-0.3, -0.25) is 0 Å². The minimum Gasteiger partial charge on any atom is -0.383 e. The summed E-state index contributed by atoms with van der Waals surface area (Å²) in [6, 6.07) is 2.48. The molecule has 1 aliphatic carbocycles. The summed E-state index contributed by atoms with van der Waals surface area (Å²) in [5, 5.41) is 13.9. The normalized spacial score (nSPS) is 21.2. The van der Waals surface area contributed by atoms with Crippen LogP contribution in [0.1, 0.15) is 31.4 Å². The fraction of sp³-hybridized carbons (Fsp3) is 0.692. The van der Waals surface area contributed by atoms with Crippen LogP contribution in [0.15, 0.2) is 0 Å². The van der Waals surface area contributed by atoms with Crippen LogP contribution in [0.2, 0.25) is 0 Å². The summed E-state index contributed by atoms with van der Waals surface area (Å²) in [5.41, 5.74) is 6.62. The van der Waals surface area contributed by atoms with Crippen LogP contribution in [0.5, 0.6) is 0 Å². The maximum absolute atomic E-state index is 9.34. The van der Waals surface area contributed by atoms with Crippen molar-refractivity contribution in [1.82, 2.24) is 9.78 Å². The maximum atomic E-state index is 9.34. The molecule has 3 rings (SSSR count). The van der Waals surface area contributed by atoms with E-state index >= 15 is 0 Å². The van der Waals surface area contributed by atoms with Crippen LogP contribution in [-0.4, -0.2) is 36.1 Å². The van der Waals surface area contributed by atoms with E-state index < -0.39 is 0 Å². The zero-order valence-corrected chi connectivity index (χ0v) is 11.2. The van der Waals surface area contributed by atoms with Gasteiger partial charge in [-0.1, -0.05) is 0 Å². The number of morpholine rings is 1. The Balaban J connectivity index is 1.94. The van der Waals surface area contributed by atoms with Gasteiger partial charge in [0.2, 0.25) is 0 Å². The van der Waals surface area contributed by atoms with Crippen molar-refractivity contribution < 1.29 is 4.74 Å². The van der Waals surface area contributed by atoms with Crippen molar-refractivity contribution in [2.24, 2.45) is 5.92 Å². The summed E-state index contributed by atoms with van der Waals surface area (Å²) in [4.78, 5) is 2.09. The third-order valence-corrected chi connectivity index (χ3v) is 4.04. The minimum atomic E-state index is 0.280. The van der Waals surface area contributed by atoms with E-state index in [0.29, 0.717) is 30.5 Å². The van der Waals surface area contributed by atoms with Crippen molar-refractivity contribution in [3.8, 4) is 6.07 Å². The first-order valence-corrected chi connectivity index (χ1v) is 6.83. The van der Waals surface area contributed by atoms with Gasteiger partial charge in [-0.15, -0.1) is 0 Å². The van der Waals surface area contributed by atoms with Crippen LogP contribution in [0, 0.1) is 17.2 Å². The molecule has 0 aromatic carbocycles. The van der Waals surface area contributed by atoms with E-state index in [2.05, 4.69) is 23.0 Å². The van der Waals surface area contributed by atoms with Crippen molar-refractivity contribution in [1.29, 1.82) is 5.26 Å². The lowest BCUT2D eigenvalue weighted by Crippen LogP contribution is -2.37. The Hall–Kier alpha value is -1.74.